The van der Waals surface area contributed by atoms with E-state index in [9.17, 15) is 9.59 Å². The van der Waals surface area contributed by atoms with Gasteiger partial charge in [-0.2, -0.15) is 0 Å². The van der Waals surface area contributed by atoms with Gasteiger partial charge in [0.15, 0.2) is 0 Å². The van der Waals surface area contributed by atoms with Crippen LogP contribution in [0.4, 0.5) is 0 Å². The van der Waals surface area contributed by atoms with Gasteiger partial charge in [0, 0.05) is 0 Å². The van der Waals surface area contributed by atoms with Crippen LogP contribution in [0.1, 0.15) is 33.1 Å². The molecule has 0 aliphatic carbocycles. The first-order chi connectivity index (χ1) is 7.00. The number of rotatable bonds is 5. The van der Waals surface area contributed by atoms with Gasteiger partial charge in [0.25, 0.3) is 0 Å². The van der Waals surface area contributed by atoms with Gasteiger partial charge in [-0.15, -0.1) is 6.42 Å². The highest BCUT2D eigenvalue weighted by Crippen LogP contribution is 2.14. The number of hydrogen-bond acceptors (Lipinski definition) is 3. The van der Waals surface area contributed by atoms with Crippen LogP contribution in [0, 0.1) is 12.3 Å². The normalized spacial score (nSPS) is 13.5. The summed E-state index contributed by atoms with van der Waals surface area (Å²) in [5, 5.41) is 2.59. The zero-order chi connectivity index (χ0) is 11.9. The molecular weight excluding hydrogens is 194 g/mol. The molecule has 4 nitrogen and oxygen atoms in total. The van der Waals surface area contributed by atoms with Gasteiger partial charge in [-0.1, -0.05) is 19.3 Å². The lowest BCUT2D eigenvalue weighted by Gasteiger charge is -2.27. The molecule has 15 heavy (non-hydrogen) atoms. The Bertz CT molecular complexity index is 280. The van der Waals surface area contributed by atoms with Crippen LogP contribution in [0.5, 0.6) is 0 Å². The molecule has 0 fully saturated rings. The molecule has 0 spiro atoms. The van der Waals surface area contributed by atoms with Crippen LogP contribution in [-0.2, 0) is 14.3 Å². The summed E-state index contributed by atoms with van der Waals surface area (Å²) in [5.41, 5.74) is -0.975. The Morgan fingerprint density at radius 1 is 1.53 bits per heavy atom. The minimum absolute atomic E-state index is 0.0314. The summed E-state index contributed by atoms with van der Waals surface area (Å²) < 4.78 is 4.64. The summed E-state index contributed by atoms with van der Waals surface area (Å²) in [6, 6.07) is 0. The average Bonchev–Trinajstić information content (AvgIpc) is 2.17. The van der Waals surface area contributed by atoms with E-state index in [4.69, 9.17) is 6.42 Å². The van der Waals surface area contributed by atoms with Gasteiger partial charge in [0.1, 0.15) is 5.54 Å². The maximum Gasteiger partial charge on any atom is 0.331 e. The lowest BCUT2D eigenvalue weighted by molar-refractivity contribution is -0.150. The quantitative estimate of drug-likeness (QED) is 0.542. The van der Waals surface area contributed by atoms with Crippen molar-refractivity contribution in [3.05, 3.63) is 0 Å². The second-order valence-corrected chi connectivity index (χ2v) is 3.50. The van der Waals surface area contributed by atoms with Crippen LogP contribution in [0.25, 0.3) is 0 Å². The van der Waals surface area contributed by atoms with E-state index in [0.29, 0.717) is 6.42 Å². The third-order valence-corrected chi connectivity index (χ3v) is 2.06. The van der Waals surface area contributed by atoms with Crippen LogP contribution < -0.4 is 5.32 Å². The van der Waals surface area contributed by atoms with Gasteiger partial charge >= 0.3 is 5.97 Å². The number of carbonyl (C=O) groups excluding carboxylic acids is 2. The zero-order valence-electron chi connectivity index (χ0n) is 9.42. The van der Waals surface area contributed by atoms with E-state index in [2.05, 4.69) is 16.0 Å². The van der Waals surface area contributed by atoms with Crippen molar-refractivity contribution in [3.8, 4) is 12.3 Å². The first-order valence-electron chi connectivity index (χ1n) is 4.83. The first kappa shape index (κ1) is 13.5. The summed E-state index contributed by atoms with van der Waals surface area (Å²) in [6.45, 7) is 3.56. The standard InChI is InChI=1S/C11H17NO3/c1-5-7-9(13)12-11(3,8-6-2)10(14)15-4/h1H,6-8H2,2-4H3,(H,12,13). The summed E-state index contributed by atoms with van der Waals surface area (Å²) in [4.78, 5) is 22.8. The molecule has 0 aliphatic rings. The van der Waals surface area contributed by atoms with Crippen molar-refractivity contribution in [3.63, 3.8) is 0 Å². The second-order valence-electron chi connectivity index (χ2n) is 3.50. The van der Waals surface area contributed by atoms with Crippen molar-refractivity contribution in [2.75, 3.05) is 7.11 Å². The van der Waals surface area contributed by atoms with Crippen LogP contribution >= 0.6 is 0 Å². The molecule has 84 valence electrons. The fourth-order valence-electron chi connectivity index (χ4n) is 1.39. The lowest BCUT2D eigenvalue weighted by Crippen LogP contribution is -2.52. The predicted molar refractivity (Wildman–Crippen MR) is 56.9 cm³/mol. The fourth-order valence-corrected chi connectivity index (χ4v) is 1.39. The van der Waals surface area contributed by atoms with Crippen molar-refractivity contribution >= 4 is 11.9 Å². The number of ether oxygens (including phenoxy) is 1. The maximum atomic E-state index is 11.5. The van der Waals surface area contributed by atoms with E-state index >= 15 is 0 Å². The molecule has 0 aromatic heterocycles. The maximum absolute atomic E-state index is 11.5. The molecule has 0 aromatic carbocycles. The minimum atomic E-state index is -0.975. The highest BCUT2D eigenvalue weighted by molar-refractivity contribution is 5.88. The fraction of sp³-hybridized carbons (Fsp3) is 0.636. The van der Waals surface area contributed by atoms with Crippen molar-refractivity contribution in [1.82, 2.24) is 5.32 Å². The van der Waals surface area contributed by atoms with E-state index in [1.54, 1.807) is 6.92 Å². The molecule has 0 saturated heterocycles. The average molecular weight is 211 g/mol. The predicted octanol–water partition coefficient (Wildman–Crippen LogP) is 0.858. The van der Waals surface area contributed by atoms with Crippen LogP contribution in [-0.4, -0.2) is 24.5 Å². The van der Waals surface area contributed by atoms with E-state index in [0.717, 1.165) is 6.42 Å². The third kappa shape index (κ3) is 4.03. The molecule has 0 aromatic rings. The Hall–Kier alpha value is -1.50. The van der Waals surface area contributed by atoms with Gasteiger partial charge in [-0.3, -0.25) is 4.79 Å². The van der Waals surface area contributed by atoms with Gasteiger partial charge in [0.2, 0.25) is 5.91 Å². The number of nitrogens with one attached hydrogen (secondary N) is 1. The van der Waals surface area contributed by atoms with Gasteiger partial charge < -0.3 is 10.1 Å². The Balaban J connectivity index is 4.58. The lowest BCUT2D eigenvalue weighted by atomic mass is 9.96. The van der Waals surface area contributed by atoms with Crippen LogP contribution in [0.15, 0.2) is 0 Å². The third-order valence-electron chi connectivity index (χ3n) is 2.06. The summed E-state index contributed by atoms with van der Waals surface area (Å²) in [6.07, 6.45) is 6.26. The molecule has 0 saturated carbocycles. The molecule has 0 rings (SSSR count). The van der Waals surface area contributed by atoms with E-state index in [-0.39, 0.29) is 12.3 Å². The molecule has 0 aliphatic heterocycles. The van der Waals surface area contributed by atoms with E-state index in [1.807, 2.05) is 6.92 Å². The summed E-state index contributed by atoms with van der Waals surface area (Å²) in [7, 11) is 1.30. The Labute approximate surface area is 90.4 Å². The van der Waals surface area contributed by atoms with E-state index in [1.165, 1.54) is 7.11 Å². The van der Waals surface area contributed by atoms with Crippen molar-refractivity contribution in [2.45, 2.75) is 38.6 Å². The summed E-state index contributed by atoms with van der Waals surface area (Å²) in [5.74, 6) is 1.44. The van der Waals surface area contributed by atoms with Gasteiger partial charge in [0.05, 0.1) is 13.5 Å². The van der Waals surface area contributed by atoms with Gasteiger partial charge in [-0.25, -0.2) is 4.79 Å². The molecule has 1 amide bonds. The number of hydrogen-bond donors (Lipinski definition) is 1. The summed E-state index contributed by atoms with van der Waals surface area (Å²) >= 11 is 0. The first-order valence-corrected chi connectivity index (χ1v) is 4.83. The molecule has 4 heteroatoms. The largest absolute Gasteiger partial charge is 0.467 e. The van der Waals surface area contributed by atoms with Crippen molar-refractivity contribution < 1.29 is 14.3 Å². The minimum Gasteiger partial charge on any atom is -0.467 e. The molecule has 0 radical (unpaired) electrons. The second kappa shape index (κ2) is 6.07. The SMILES string of the molecule is C#CCC(=O)NC(C)(CCC)C(=O)OC. The molecule has 1 N–H and O–H groups in total. The van der Waals surface area contributed by atoms with Crippen molar-refractivity contribution in [2.24, 2.45) is 0 Å². The molecule has 1 atom stereocenters. The van der Waals surface area contributed by atoms with E-state index < -0.39 is 11.5 Å². The molecule has 1 unspecified atom stereocenters. The molecule has 0 bridgehead atoms. The Morgan fingerprint density at radius 3 is 2.53 bits per heavy atom. The van der Waals surface area contributed by atoms with Crippen LogP contribution in [0.3, 0.4) is 0 Å². The topological polar surface area (TPSA) is 55.4 Å². The van der Waals surface area contributed by atoms with Gasteiger partial charge in [-0.05, 0) is 13.3 Å². The molecular formula is C11H17NO3. The highest BCUT2D eigenvalue weighted by Gasteiger charge is 2.34. The van der Waals surface area contributed by atoms with Crippen LogP contribution in [0.2, 0.25) is 0 Å². The number of esters is 1. The zero-order valence-corrected chi connectivity index (χ0v) is 9.42. The molecule has 0 heterocycles. The Morgan fingerprint density at radius 2 is 2.13 bits per heavy atom. The smallest absolute Gasteiger partial charge is 0.331 e. The Kier molecular flexibility index (Phi) is 5.46. The number of terminal acetylenes is 1. The number of methoxy groups -OCH3 is 1. The monoisotopic (exact) mass is 211 g/mol. The number of amides is 1. The highest BCUT2D eigenvalue weighted by atomic mass is 16.5. The van der Waals surface area contributed by atoms with Crippen molar-refractivity contribution in [1.29, 1.82) is 0 Å². The number of carbonyl (C=O) groups is 2.